The maximum atomic E-state index is 12.5. The van der Waals surface area contributed by atoms with Crippen LogP contribution in [0, 0.1) is 17.2 Å². The van der Waals surface area contributed by atoms with Crippen LogP contribution >= 0.6 is 11.3 Å². The molecule has 2 aromatic heterocycles. The Morgan fingerprint density at radius 3 is 3.00 bits per heavy atom. The summed E-state index contributed by atoms with van der Waals surface area (Å²) in [6.07, 6.45) is 3.51. The number of rotatable bonds is 4. The molecule has 0 unspecified atom stereocenters. The monoisotopic (exact) mass is 366 g/mol. The lowest BCUT2D eigenvalue weighted by Crippen LogP contribution is -2.56. The van der Waals surface area contributed by atoms with E-state index in [1.54, 1.807) is 17.4 Å². The fourth-order valence-corrected chi connectivity index (χ4v) is 4.90. The van der Waals surface area contributed by atoms with Crippen LogP contribution in [0.3, 0.4) is 0 Å². The second-order valence-corrected chi connectivity index (χ2v) is 8.04. The van der Waals surface area contributed by atoms with Gasteiger partial charge in [0.15, 0.2) is 0 Å². The Balaban J connectivity index is 1.44. The Bertz CT molecular complexity index is 813. The van der Waals surface area contributed by atoms with Crippen molar-refractivity contribution in [2.45, 2.75) is 31.7 Å². The number of hydrogen-bond acceptors (Lipinski definition) is 5. The zero-order valence-corrected chi connectivity index (χ0v) is 15.5. The number of carbonyl (C=O) groups excluding carboxylic acids is 1. The SMILES string of the molecule is N#Cc1cccc(N2CC[C@@H]3[C@@H](CCC(=O)N3CCc3cccs3)C2)n1. The lowest BCUT2D eigenvalue weighted by atomic mass is 9.83. The predicted molar refractivity (Wildman–Crippen MR) is 102 cm³/mol. The zero-order chi connectivity index (χ0) is 17.9. The van der Waals surface area contributed by atoms with E-state index >= 15 is 0 Å². The molecule has 2 aliphatic rings. The highest BCUT2D eigenvalue weighted by Crippen LogP contribution is 2.33. The molecule has 2 saturated heterocycles. The topological polar surface area (TPSA) is 60.2 Å². The highest BCUT2D eigenvalue weighted by molar-refractivity contribution is 7.09. The van der Waals surface area contributed by atoms with Crippen molar-refractivity contribution < 1.29 is 4.79 Å². The number of nitriles is 1. The summed E-state index contributed by atoms with van der Waals surface area (Å²) in [6, 6.07) is 12.3. The van der Waals surface area contributed by atoms with Gasteiger partial charge in [0.2, 0.25) is 5.91 Å². The van der Waals surface area contributed by atoms with Crippen molar-refractivity contribution >= 4 is 23.1 Å². The van der Waals surface area contributed by atoms with Gasteiger partial charge in [0.25, 0.3) is 0 Å². The first-order valence-electron chi connectivity index (χ1n) is 9.18. The molecule has 6 heteroatoms. The Hall–Kier alpha value is -2.39. The average Bonchev–Trinajstić information content (AvgIpc) is 3.20. The number of likely N-dealkylation sites (tertiary alicyclic amines) is 1. The first kappa shape index (κ1) is 17.0. The van der Waals surface area contributed by atoms with Gasteiger partial charge in [0.05, 0.1) is 0 Å². The summed E-state index contributed by atoms with van der Waals surface area (Å²) < 4.78 is 0. The molecule has 0 saturated carbocycles. The maximum Gasteiger partial charge on any atom is 0.222 e. The molecule has 26 heavy (non-hydrogen) atoms. The lowest BCUT2D eigenvalue weighted by Gasteiger charge is -2.47. The largest absolute Gasteiger partial charge is 0.356 e. The molecular weight excluding hydrogens is 344 g/mol. The molecule has 0 spiro atoms. The third kappa shape index (κ3) is 3.45. The van der Waals surface area contributed by atoms with E-state index in [9.17, 15) is 4.79 Å². The predicted octanol–water partition coefficient (Wildman–Crippen LogP) is 3.07. The van der Waals surface area contributed by atoms with E-state index in [0.717, 1.165) is 44.7 Å². The molecule has 2 atom stereocenters. The van der Waals surface area contributed by atoms with E-state index in [2.05, 4.69) is 38.4 Å². The van der Waals surface area contributed by atoms with E-state index in [4.69, 9.17) is 5.26 Å². The van der Waals surface area contributed by atoms with Gasteiger partial charge in [-0.2, -0.15) is 5.26 Å². The number of amides is 1. The molecule has 0 aliphatic carbocycles. The van der Waals surface area contributed by atoms with Crippen LogP contribution in [0.5, 0.6) is 0 Å². The number of carbonyl (C=O) groups is 1. The first-order chi connectivity index (χ1) is 12.7. The summed E-state index contributed by atoms with van der Waals surface area (Å²) in [7, 11) is 0. The molecule has 0 bridgehead atoms. The maximum absolute atomic E-state index is 12.5. The normalized spacial score (nSPS) is 22.8. The van der Waals surface area contributed by atoms with Crippen LogP contribution in [0.15, 0.2) is 35.7 Å². The molecule has 4 rings (SSSR count). The molecule has 0 radical (unpaired) electrons. The highest BCUT2D eigenvalue weighted by Gasteiger charge is 2.39. The molecule has 0 aromatic carbocycles. The van der Waals surface area contributed by atoms with Crippen LogP contribution in [0.2, 0.25) is 0 Å². The van der Waals surface area contributed by atoms with Gasteiger partial charge in [-0.15, -0.1) is 11.3 Å². The smallest absolute Gasteiger partial charge is 0.222 e. The van der Waals surface area contributed by atoms with E-state index in [1.807, 2.05) is 12.1 Å². The minimum Gasteiger partial charge on any atom is -0.356 e. The van der Waals surface area contributed by atoms with Crippen molar-refractivity contribution in [3.8, 4) is 6.07 Å². The van der Waals surface area contributed by atoms with Crippen LogP contribution in [0.4, 0.5) is 5.82 Å². The standard InChI is InChI=1S/C20H22N4OS/c21-13-16-3-1-5-19(22-16)23-10-9-18-15(14-23)6-7-20(25)24(18)11-8-17-4-2-12-26-17/h1-5,12,15,18H,6-11,14H2/t15-,18+/m0/s1. The Morgan fingerprint density at radius 2 is 2.19 bits per heavy atom. The van der Waals surface area contributed by atoms with Crippen molar-refractivity contribution in [1.82, 2.24) is 9.88 Å². The summed E-state index contributed by atoms with van der Waals surface area (Å²) in [5, 5.41) is 11.2. The van der Waals surface area contributed by atoms with E-state index in [0.29, 0.717) is 30.0 Å². The van der Waals surface area contributed by atoms with Gasteiger partial charge in [0, 0.05) is 37.0 Å². The van der Waals surface area contributed by atoms with Gasteiger partial charge in [-0.25, -0.2) is 4.98 Å². The molecular formula is C20H22N4OS. The third-order valence-corrected chi connectivity index (χ3v) is 6.43. The molecule has 2 fully saturated rings. The second-order valence-electron chi connectivity index (χ2n) is 7.01. The fraction of sp³-hybridized carbons (Fsp3) is 0.450. The van der Waals surface area contributed by atoms with Crippen molar-refractivity contribution in [1.29, 1.82) is 5.26 Å². The van der Waals surface area contributed by atoms with Gasteiger partial charge in [-0.1, -0.05) is 12.1 Å². The fourth-order valence-electron chi connectivity index (χ4n) is 4.20. The molecule has 0 N–H and O–H groups in total. The quantitative estimate of drug-likeness (QED) is 0.834. The number of piperidine rings is 2. The van der Waals surface area contributed by atoms with Gasteiger partial charge >= 0.3 is 0 Å². The van der Waals surface area contributed by atoms with Gasteiger partial charge in [0.1, 0.15) is 17.6 Å². The number of anilines is 1. The second kappa shape index (κ2) is 7.46. The number of thiophene rings is 1. The van der Waals surface area contributed by atoms with Crippen LogP contribution in [-0.4, -0.2) is 41.5 Å². The highest BCUT2D eigenvalue weighted by atomic mass is 32.1. The van der Waals surface area contributed by atoms with Gasteiger partial charge in [-0.05, 0) is 48.8 Å². The summed E-state index contributed by atoms with van der Waals surface area (Å²) in [6.45, 7) is 2.61. The lowest BCUT2D eigenvalue weighted by molar-refractivity contribution is -0.139. The average molecular weight is 366 g/mol. The van der Waals surface area contributed by atoms with Gasteiger partial charge in [-0.3, -0.25) is 4.79 Å². The van der Waals surface area contributed by atoms with Crippen molar-refractivity contribution in [3.05, 3.63) is 46.3 Å². The minimum atomic E-state index is 0.306. The Kier molecular flexibility index (Phi) is 4.89. The molecule has 1 amide bonds. The minimum absolute atomic E-state index is 0.306. The van der Waals surface area contributed by atoms with Crippen LogP contribution in [0.1, 0.15) is 29.8 Å². The Labute approximate surface area is 157 Å². The number of fused-ring (bicyclic) bond motifs is 1. The summed E-state index contributed by atoms with van der Waals surface area (Å²) in [5.41, 5.74) is 0.459. The molecule has 5 nitrogen and oxygen atoms in total. The third-order valence-electron chi connectivity index (χ3n) is 5.50. The molecule has 2 aromatic rings. The van der Waals surface area contributed by atoms with Crippen LogP contribution in [0.25, 0.3) is 0 Å². The molecule has 2 aliphatic heterocycles. The number of pyridine rings is 1. The van der Waals surface area contributed by atoms with Crippen molar-refractivity contribution in [2.24, 2.45) is 5.92 Å². The van der Waals surface area contributed by atoms with Crippen LogP contribution in [-0.2, 0) is 11.2 Å². The number of aromatic nitrogens is 1. The van der Waals surface area contributed by atoms with E-state index in [1.165, 1.54) is 4.88 Å². The van der Waals surface area contributed by atoms with E-state index < -0.39 is 0 Å². The number of hydrogen-bond donors (Lipinski definition) is 0. The molecule has 134 valence electrons. The molecule has 4 heterocycles. The summed E-state index contributed by atoms with van der Waals surface area (Å²) in [5.74, 6) is 1.67. The van der Waals surface area contributed by atoms with Crippen LogP contribution < -0.4 is 4.90 Å². The van der Waals surface area contributed by atoms with Crippen molar-refractivity contribution in [3.63, 3.8) is 0 Å². The number of nitrogens with zero attached hydrogens (tertiary/aromatic N) is 4. The van der Waals surface area contributed by atoms with Crippen molar-refractivity contribution in [2.75, 3.05) is 24.5 Å². The first-order valence-corrected chi connectivity index (χ1v) is 10.1. The summed E-state index contributed by atoms with van der Waals surface area (Å²) in [4.78, 5) is 22.7. The Morgan fingerprint density at radius 1 is 1.27 bits per heavy atom. The van der Waals surface area contributed by atoms with Gasteiger partial charge < -0.3 is 9.80 Å². The summed E-state index contributed by atoms with van der Waals surface area (Å²) >= 11 is 1.76. The van der Waals surface area contributed by atoms with E-state index in [-0.39, 0.29) is 0 Å². The zero-order valence-electron chi connectivity index (χ0n) is 14.7.